The summed E-state index contributed by atoms with van der Waals surface area (Å²) in [6, 6.07) is 21.2. The Hall–Kier alpha value is -3.25. The first-order valence-corrected chi connectivity index (χ1v) is 9.21. The lowest BCUT2D eigenvalue weighted by atomic mass is 10.1. The van der Waals surface area contributed by atoms with Crippen molar-refractivity contribution < 1.29 is 14.0 Å². The lowest BCUT2D eigenvalue weighted by Gasteiger charge is -2.11. The van der Waals surface area contributed by atoms with Crippen LogP contribution in [0.4, 0.5) is 10.1 Å². The number of hydrogen-bond donors (Lipinski definition) is 2. The molecular weight excluding hydrogens is 423 g/mol. The van der Waals surface area contributed by atoms with Gasteiger partial charge in [0.1, 0.15) is 11.5 Å². The van der Waals surface area contributed by atoms with Crippen molar-refractivity contribution in [3.8, 4) is 0 Å². The van der Waals surface area contributed by atoms with Crippen LogP contribution in [0.15, 0.2) is 89.0 Å². The van der Waals surface area contributed by atoms with Crippen LogP contribution in [0.1, 0.15) is 15.9 Å². The van der Waals surface area contributed by atoms with Gasteiger partial charge in [-0.25, -0.2) is 4.39 Å². The average Bonchev–Trinajstić information content (AvgIpc) is 2.71. The quantitative estimate of drug-likeness (QED) is 0.550. The van der Waals surface area contributed by atoms with Crippen LogP contribution in [0.2, 0.25) is 0 Å². The lowest BCUT2D eigenvalue weighted by Crippen LogP contribution is -2.30. The normalized spacial score (nSPS) is 11.0. The number of rotatable bonds is 5. The van der Waals surface area contributed by atoms with Gasteiger partial charge in [-0.05, 0) is 60.2 Å². The van der Waals surface area contributed by atoms with Crippen molar-refractivity contribution in [2.24, 2.45) is 0 Å². The summed E-state index contributed by atoms with van der Waals surface area (Å²) in [5.41, 5.74) is 1.62. The van der Waals surface area contributed by atoms with E-state index in [1.165, 1.54) is 30.3 Å². The number of nitrogens with one attached hydrogen (secondary N) is 2. The Balaban J connectivity index is 1.86. The van der Waals surface area contributed by atoms with Crippen molar-refractivity contribution in [2.45, 2.75) is 0 Å². The van der Waals surface area contributed by atoms with Crippen molar-refractivity contribution >= 4 is 39.5 Å². The molecule has 0 atom stereocenters. The number of hydrogen-bond acceptors (Lipinski definition) is 2. The molecular formula is C22H16BrFN2O2. The number of benzene rings is 3. The highest BCUT2D eigenvalue weighted by Crippen LogP contribution is 2.16. The summed E-state index contributed by atoms with van der Waals surface area (Å²) < 4.78 is 14.0. The molecule has 0 aliphatic carbocycles. The Morgan fingerprint density at radius 2 is 1.50 bits per heavy atom. The summed E-state index contributed by atoms with van der Waals surface area (Å²) in [4.78, 5) is 25.3. The minimum absolute atomic E-state index is 0.0448. The second kappa shape index (κ2) is 9.10. The monoisotopic (exact) mass is 438 g/mol. The molecule has 2 amide bonds. The maximum Gasteiger partial charge on any atom is 0.272 e. The number of carbonyl (C=O) groups excluding carboxylic acids is 2. The molecule has 3 aromatic carbocycles. The topological polar surface area (TPSA) is 58.2 Å². The standard InChI is InChI=1S/C22H16BrFN2O2/c23-17-8-12-19(13-9-17)25-22(28)20(14-15-6-10-18(24)11-7-15)26-21(27)16-4-2-1-3-5-16/h1-14H,(H,25,28)(H,26,27). The molecule has 140 valence electrons. The summed E-state index contributed by atoms with van der Waals surface area (Å²) in [6.07, 6.45) is 1.49. The van der Waals surface area contributed by atoms with E-state index in [0.29, 0.717) is 16.8 Å². The predicted molar refractivity (Wildman–Crippen MR) is 111 cm³/mol. The summed E-state index contributed by atoms with van der Waals surface area (Å²) >= 11 is 3.34. The van der Waals surface area contributed by atoms with E-state index >= 15 is 0 Å². The molecule has 0 bridgehead atoms. The summed E-state index contributed by atoms with van der Waals surface area (Å²) in [7, 11) is 0. The predicted octanol–water partition coefficient (Wildman–Crippen LogP) is 5.00. The highest BCUT2D eigenvalue weighted by molar-refractivity contribution is 9.10. The second-order valence-electron chi connectivity index (χ2n) is 5.89. The fourth-order valence-electron chi connectivity index (χ4n) is 2.40. The van der Waals surface area contributed by atoms with Crippen LogP contribution in [-0.4, -0.2) is 11.8 Å². The van der Waals surface area contributed by atoms with Crippen LogP contribution in [0, 0.1) is 5.82 Å². The number of amides is 2. The third kappa shape index (κ3) is 5.37. The van der Waals surface area contributed by atoms with Gasteiger partial charge in [-0.15, -0.1) is 0 Å². The van der Waals surface area contributed by atoms with E-state index in [2.05, 4.69) is 26.6 Å². The van der Waals surface area contributed by atoms with Gasteiger partial charge in [0.2, 0.25) is 0 Å². The first-order chi connectivity index (χ1) is 13.5. The fourth-order valence-corrected chi connectivity index (χ4v) is 2.66. The van der Waals surface area contributed by atoms with Gasteiger partial charge < -0.3 is 10.6 Å². The molecule has 0 radical (unpaired) electrons. The molecule has 0 fully saturated rings. The Kier molecular flexibility index (Phi) is 6.34. The van der Waals surface area contributed by atoms with Crippen LogP contribution in [0.25, 0.3) is 6.08 Å². The van der Waals surface area contributed by atoms with E-state index in [-0.39, 0.29) is 11.5 Å². The molecule has 2 N–H and O–H groups in total. The first-order valence-electron chi connectivity index (χ1n) is 8.42. The SMILES string of the molecule is O=C(Nc1ccc(Br)cc1)C(=Cc1ccc(F)cc1)NC(=O)c1ccccc1. The van der Waals surface area contributed by atoms with E-state index in [1.54, 1.807) is 54.6 Å². The molecule has 0 spiro atoms. The number of carbonyl (C=O) groups is 2. The van der Waals surface area contributed by atoms with Crippen molar-refractivity contribution in [2.75, 3.05) is 5.32 Å². The molecule has 0 unspecified atom stereocenters. The van der Waals surface area contributed by atoms with Crippen molar-refractivity contribution in [1.82, 2.24) is 5.32 Å². The Bertz CT molecular complexity index is 1000. The van der Waals surface area contributed by atoms with Crippen LogP contribution >= 0.6 is 15.9 Å². The molecule has 0 heterocycles. The third-order valence-corrected chi connectivity index (χ3v) is 4.34. The largest absolute Gasteiger partial charge is 0.321 e. The van der Waals surface area contributed by atoms with Crippen molar-refractivity contribution in [3.63, 3.8) is 0 Å². The molecule has 3 aromatic rings. The van der Waals surface area contributed by atoms with Crippen molar-refractivity contribution in [1.29, 1.82) is 0 Å². The number of halogens is 2. The molecule has 3 rings (SSSR count). The van der Waals surface area contributed by atoms with Gasteiger partial charge >= 0.3 is 0 Å². The molecule has 0 aliphatic rings. The average molecular weight is 439 g/mol. The zero-order valence-corrected chi connectivity index (χ0v) is 16.2. The number of anilines is 1. The van der Waals surface area contributed by atoms with Gasteiger partial charge in [0, 0.05) is 15.7 Å². The molecule has 4 nitrogen and oxygen atoms in total. The van der Waals surface area contributed by atoms with E-state index in [1.807, 2.05) is 0 Å². The maximum atomic E-state index is 13.2. The van der Waals surface area contributed by atoms with E-state index in [4.69, 9.17) is 0 Å². The summed E-state index contributed by atoms with van der Waals surface area (Å²) in [6.45, 7) is 0. The fraction of sp³-hybridized carbons (Fsp3) is 0. The van der Waals surface area contributed by atoms with Gasteiger partial charge in [-0.1, -0.05) is 46.3 Å². The van der Waals surface area contributed by atoms with Gasteiger partial charge in [0.25, 0.3) is 11.8 Å². The van der Waals surface area contributed by atoms with Crippen LogP contribution in [-0.2, 0) is 4.79 Å². The Morgan fingerprint density at radius 3 is 2.14 bits per heavy atom. The minimum atomic E-state index is -0.490. The van der Waals surface area contributed by atoms with E-state index in [0.717, 1.165) is 4.47 Å². The van der Waals surface area contributed by atoms with Gasteiger partial charge in [0.15, 0.2) is 0 Å². The summed E-state index contributed by atoms with van der Waals surface area (Å²) in [5.74, 6) is -1.29. The zero-order chi connectivity index (χ0) is 19.9. The van der Waals surface area contributed by atoms with Gasteiger partial charge in [-0.3, -0.25) is 9.59 Å². The first kappa shape index (κ1) is 19.5. The maximum absolute atomic E-state index is 13.2. The second-order valence-corrected chi connectivity index (χ2v) is 6.81. The van der Waals surface area contributed by atoms with Crippen LogP contribution < -0.4 is 10.6 Å². The smallest absolute Gasteiger partial charge is 0.272 e. The van der Waals surface area contributed by atoms with E-state index < -0.39 is 11.8 Å². The van der Waals surface area contributed by atoms with E-state index in [9.17, 15) is 14.0 Å². The lowest BCUT2D eigenvalue weighted by molar-refractivity contribution is -0.113. The Morgan fingerprint density at radius 1 is 0.857 bits per heavy atom. The molecule has 6 heteroatoms. The summed E-state index contributed by atoms with van der Waals surface area (Å²) in [5, 5.41) is 5.38. The molecule has 0 aliphatic heterocycles. The highest BCUT2D eigenvalue weighted by atomic mass is 79.9. The van der Waals surface area contributed by atoms with Crippen LogP contribution in [0.5, 0.6) is 0 Å². The molecule has 0 saturated carbocycles. The van der Waals surface area contributed by atoms with Gasteiger partial charge in [-0.2, -0.15) is 0 Å². The van der Waals surface area contributed by atoms with Crippen molar-refractivity contribution in [3.05, 3.63) is 106 Å². The molecule has 0 saturated heterocycles. The molecule has 28 heavy (non-hydrogen) atoms. The Labute approximate surface area is 170 Å². The van der Waals surface area contributed by atoms with Crippen LogP contribution in [0.3, 0.4) is 0 Å². The highest BCUT2D eigenvalue weighted by Gasteiger charge is 2.15. The third-order valence-electron chi connectivity index (χ3n) is 3.81. The molecule has 0 aromatic heterocycles. The zero-order valence-electron chi connectivity index (χ0n) is 14.7. The van der Waals surface area contributed by atoms with Gasteiger partial charge in [0.05, 0.1) is 0 Å². The minimum Gasteiger partial charge on any atom is -0.321 e.